The van der Waals surface area contributed by atoms with E-state index >= 15 is 0 Å². The molecule has 9 nitrogen and oxygen atoms in total. The van der Waals surface area contributed by atoms with Crippen molar-refractivity contribution >= 4 is 29.6 Å². The Kier molecular flexibility index (Phi) is 4.30. The van der Waals surface area contributed by atoms with Crippen LogP contribution in [0.15, 0.2) is 29.4 Å². The van der Waals surface area contributed by atoms with E-state index in [1.54, 1.807) is 24.4 Å². The van der Waals surface area contributed by atoms with Crippen LogP contribution in [-0.2, 0) is 19.2 Å². The summed E-state index contributed by atoms with van der Waals surface area (Å²) in [6.07, 6.45) is 5.39. The molecule has 0 fully saturated rings. The summed E-state index contributed by atoms with van der Waals surface area (Å²) < 4.78 is 0. The Bertz CT molecular complexity index is 665. The fraction of sp³-hybridized carbons (Fsp3) is 0.357. The Morgan fingerprint density at radius 2 is 2.09 bits per heavy atom. The zero-order valence-corrected chi connectivity index (χ0v) is 12.2. The van der Waals surface area contributed by atoms with Gasteiger partial charge in [0.15, 0.2) is 0 Å². The van der Waals surface area contributed by atoms with Crippen molar-refractivity contribution in [2.75, 3.05) is 0 Å². The van der Waals surface area contributed by atoms with Gasteiger partial charge in [-0.2, -0.15) is 4.99 Å². The van der Waals surface area contributed by atoms with Gasteiger partial charge >= 0.3 is 11.9 Å². The minimum absolute atomic E-state index is 0.250. The molecule has 122 valence electrons. The van der Waals surface area contributed by atoms with Gasteiger partial charge in [0.25, 0.3) is 5.91 Å². The second kappa shape index (κ2) is 6.03. The number of aliphatic imine (C=N–C) groups is 1. The third kappa shape index (κ3) is 3.28. The van der Waals surface area contributed by atoms with Gasteiger partial charge in [-0.1, -0.05) is 6.08 Å². The van der Waals surface area contributed by atoms with Gasteiger partial charge in [-0.25, -0.2) is 4.79 Å². The molecule has 2 atom stereocenters. The van der Waals surface area contributed by atoms with Gasteiger partial charge in [0, 0.05) is 6.20 Å². The number of carboxylic acids is 2. The van der Waals surface area contributed by atoms with Crippen LogP contribution >= 0.6 is 0 Å². The summed E-state index contributed by atoms with van der Waals surface area (Å²) in [5.74, 6) is -3.82. The van der Waals surface area contributed by atoms with E-state index in [0.717, 1.165) is 0 Å². The number of hydrogen-bond acceptors (Lipinski definition) is 5. The molecular formula is C14H15N3O6. The monoisotopic (exact) mass is 321 g/mol. The van der Waals surface area contributed by atoms with E-state index in [9.17, 15) is 19.2 Å². The lowest BCUT2D eigenvalue weighted by molar-refractivity contribution is -0.148. The highest BCUT2D eigenvalue weighted by Gasteiger charge is 2.46. The molecule has 0 bridgehead atoms. The first-order valence-electron chi connectivity index (χ1n) is 6.75. The van der Waals surface area contributed by atoms with Crippen LogP contribution < -0.4 is 5.32 Å². The lowest BCUT2D eigenvalue weighted by Crippen LogP contribution is -2.62. The molecule has 2 amide bonds. The maximum atomic E-state index is 12.5. The molecule has 0 radical (unpaired) electrons. The molecule has 0 aromatic rings. The summed E-state index contributed by atoms with van der Waals surface area (Å²) in [7, 11) is 0. The van der Waals surface area contributed by atoms with Gasteiger partial charge in [-0.15, -0.1) is 0 Å². The summed E-state index contributed by atoms with van der Waals surface area (Å²) in [6.45, 7) is 1.47. The second-order valence-corrected chi connectivity index (χ2v) is 5.35. The van der Waals surface area contributed by atoms with E-state index in [2.05, 4.69) is 10.3 Å². The third-order valence-electron chi connectivity index (χ3n) is 3.58. The van der Waals surface area contributed by atoms with Crippen molar-refractivity contribution in [2.24, 2.45) is 4.99 Å². The van der Waals surface area contributed by atoms with Crippen LogP contribution in [0, 0.1) is 0 Å². The first-order valence-corrected chi connectivity index (χ1v) is 6.75. The first kappa shape index (κ1) is 16.4. The molecule has 2 aliphatic rings. The fourth-order valence-corrected chi connectivity index (χ4v) is 2.37. The summed E-state index contributed by atoms with van der Waals surface area (Å²) in [5.41, 5.74) is -1.39. The average molecular weight is 321 g/mol. The molecule has 0 aromatic carbocycles. The Morgan fingerprint density at radius 3 is 2.70 bits per heavy atom. The van der Waals surface area contributed by atoms with Crippen molar-refractivity contribution in [3.05, 3.63) is 24.4 Å². The highest BCUT2D eigenvalue weighted by atomic mass is 16.4. The lowest BCUT2D eigenvalue weighted by atomic mass is 9.90. The molecule has 0 saturated carbocycles. The minimum Gasteiger partial charge on any atom is -0.481 e. The van der Waals surface area contributed by atoms with Gasteiger partial charge in [0.05, 0.1) is 12.8 Å². The maximum absolute atomic E-state index is 12.5. The molecule has 3 N–H and O–H groups in total. The van der Waals surface area contributed by atoms with Crippen molar-refractivity contribution < 1.29 is 29.4 Å². The van der Waals surface area contributed by atoms with Crippen molar-refractivity contribution in [3.8, 4) is 0 Å². The van der Waals surface area contributed by atoms with Crippen molar-refractivity contribution in [3.63, 3.8) is 0 Å². The number of hydrogen-bond donors (Lipinski definition) is 3. The topological polar surface area (TPSA) is 136 Å². The number of carbonyl (C=O) groups excluding carboxylic acids is 2. The molecule has 9 heteroatoms. The zero-order chi connectivity index (χ0) is 17.2. The second-order valence-electron chi connectivity index (χ2n) is 5.35. The molecule has 2 unspecified atom stereocenters. The van der Waals surface area contributed by atoms with Crippen LogP contribution in [0.5, 0.6) is 0 Å². The van der Waals surface area contributed by atoms with E-state index in [1.165, 1.54) is 11.8 Å². The Hall–Kier alpha value is -2.97. The quantitative estimate of drug-likeness (QED) is 0.621. The van der Waals surface area contributed by atoms with E-state index in [1.807, 2.05) is 0 Å². The van der Waals surface area contributed by atoms with Crippen molar-refractivity contribution in [1.82, 2.24) is 10.2 Å². The van der Waals surface area contributed by atoms with Gasteiger partial charge in [0.1, 0.15) is 17.4 Å². The van der Waals surface area contributed by atoms with E-state index in [0.29, 0.717) is 0 Å². The normalized spacial score (nSPS) is 23.8. The predicted octanol–water partition coefficient (Wildman–Crippen LogP) is -0.496. The number of nitrogens with one attached hydrogen (secondary N) is 1. The highest BCUT2D eigenvalue weighted by molar-refractivity contribution is 6.10. The van der Waals surface area contributed by atoms with Gasteiger partial charge < -0.3 is 20.4 Å². The molecule has 0 spiro atoms. The van der Waals surface area contributed by atoms with Gasteiger partial charge in [-0.3, -0.25) is 14.4 Å². The molecule has 0 aromatic heterocycles. The Morgan fingerprint density at radius 1 is 1.39 bits per heavy atom. The van der Waals surface area contributed by atoms with Crippen molar-refractivity contribution in [1.29, 1.82) is 0 Å². The maximum Gasteiger partial charge on any atom is 0.326 e. The number of allylic oxidation sites excluding steroid dienone is 2. The van der Waals surface area contributed by atoms with E-state index in [-0.39, 0.29) is 12.3 Å². The van der Waals surface area contributed by atoms with Crippen LogP contribution in [0.2, 0.25) is 0 Å². The molecule has 2 aliphatic heterocycles. The first-order chi connectivity index (χ1) is 10.7. The van der Waals surface area contributed by atoms with Crippen LogP contribution in [-0.4, -0.2) is 56.3 Å². The smallest absolute Gasteiger partial charge is 0.326 e. The van der Waals surface area contributed by atoms with Gasteiger partial charge in [-0.05, 0) is 19.1 Å². The molecular weight excluding hydrogens is 306 g/mol. The SMILES string of the molecule is CC1(C(=O)NC(CC(=O)O)C(=O)O)CC(=O)N=C2C=CC=CN21. The van der Waals surface area contributed by atoms with Gasteiger partial charge in [0.2, 0.25) is 5.91 Å². The van der Waals surface area contributed by atoms with Crippen LogP contribution in [0.25, 0.3) is 0 Å². The molecule has 23 heavy (non-hydrogen) atoms. The molecule has 2 rings (SSSR count). The number of carbonyl (C=O) groups is 4. The standard InChI is InChI=1S/C14H15N3O6/c1-14(13(23)15-8(12(21)22)6-11(19)20)7-10(18)16-9-4-2-3-5-17(9)14/h2-5,8H,6-7H2,1H3,(H,15,23)(H,19,20)(H,21,22). The van der Waals surface area contributed by atoms with Crippen molar-refractivity contribution in [2.45, 2.75) is 31.3 Å². The third-order valence-corrected chi connectivity index (χ3v) is 3.58. The van der Waals surface area contributed by atoms with E-state index < -0.39 is 41.8 Å². The fourth-order valence-electron chi connectivity index (χ4n) is 2.37. The number of fused-ring (bicyclic) bond motifs is 1. The zero-order valence-electron chi connectivity index (χ0n) is 12.2. The lowest BCUT2D eigenvalue weighted by Gasteiger charge is -2.42. The number of amides is 2. The van der Waals surface area contributed by atoms with Crippen LogP contribution in [0.3, 0.4) is 0 Å². The average Bonchev–Trinajstić information content (AvgIpc) is 2.45. The van der Waals surface area contributed by atoms with Crippen LogP contribution in [0.1, 0.15) is 19.8 Å². The molecule has 0 aliphatic carbocycles. The predicted molar refractivity (Wildman–Crippen MR) is 77.4 cm³/mol. The Balaban J connectivity index is 2.26. The number of carboxylic acid groups (broad SMARTS) is 2. The summed E-state index contributed by atoms with van der Waals surface area (Å²) in [6, 6.07) is -1.58. The number of amidine groups is 1. The largest absolute Gasteiger partial charge is 0.481 e. The number of aliphatic carboxylic acids is 2. The molecule has 2 heterocycles. The Labute approximate surface area is 131 Å². The minimum atomic E-state index is -1.58. The number of rotatable bonds is 5. The molecule has 0 saturated heterocycles. The summed E-state index contributed by atoms with van der Waals surface area (Å²) in [5, 5.41) is 19.9. The highest BCUT2D eigenvalue weighted by Crippen LogP contribution is 2.28. The number of nitrogens with zero attached hydrogens (tertiary/aromatic N) is 2. The summed E-state index contributed by atoms with van der Waals surface area (Å²) >= 11 is 0. The summed E-state index contributed by atoms with van der Waals surface area (Å²) in [4.78, 5) is 51.4. The van der Waals surface area contributed by atoms with Crippen LogP contribution in [0.4, 0.5) is 0 Å². The van der Waals surface area contributed by atoms with E-state index in [4.69, 9.17) is 10.2 Å².